The molecule has 1 atom stereocenters. The first kappa shape index (κ1) is 22.9. The molecule has 5 heterocycles. The van der Waals surface area contributed by atoms with Crippen LogP contribution in [0.4, 0.5) is 26.0 Å². The average molecular weight is 485 g/mol. The fraction of sp³-hybridized carbons (Fsp3) is 0.409. The molecule has 2 aliphatic heterocycles. The van der Waals surface area contributed by atoms with Gasteiger partial charge in [0.15, 0.2) is 23.1 Å². The van der Waals surface area contributed by atoms with Crippen LogP contribution in [0.15, 0.2) is 24.8 Å². The molecule has 2 fully saturated rings. The van der Waals surface area contributed by atoms with E-state index in [1.807, 2.05) is 11.9 Å². The fourth-order valence-corrected chi connectivity index (χ4v) is 4.72. The zero-order valence-corrected chi connectivity index (χ0v) is 19.1. The van der Waals surface area contributed by atoms with Crippen LogP contribution in [0.5, 0.6) is 0 Å². The van der Waals surface area contributed by atoms with Gasteiger partial charge in [-0.1, -0.05) is 0 Å². The molecule has 0 radical (unpaired) electrons. The van der Waals surface area contributed by atoms with Crippen LogP contribution in [0.3, 0.4) is 0 Å². The number of rotatable bonds is 4. The van der Waals surface area contributed by atoms with Crippen molar-refractivity contribution in [1.82, 2.24) is 29.4 Å². The molecule has 13 heteroatoms. The Morgan fingerprint density at radius 1 is 1.11 bits per heavy atom. The van der Waals surface area contributed by atoms with Crippen molar-refractivity contribution in [3.63, 3.8) is 0 Å². The van der Waals surface area contributed by atoms with Gasteiger partial charge in [-0.2, -0.15) is 0 Å². The van der Waals surface area contributed by atoms with Gasteiger partial charge < -0.3 is 25.8 Å². The minimum absolute atomic E-state index is 0.00236. The van der Waals surface area contributed by atoms with Gasteiger partial charge in [0, 0.05) is 32.7 Å². The predicted octanol–water partition coefficient (Wildman–Crippen LogP) is 0.837. The largest absolute Gasteiger partial charge is 0.381 e. The third-order valence-electron chi connectivity index (χ3n) is 6.46. The van der Waals surface area contributed by atoms with Crippen LogP contribution < -0.4 is 16.0 Å². The maximum atomic E-state index is 14.9. The number of anilines is 3. The van der Waals surface area contributed by atoms with E-state index in [1.165, 1.54) is 6.20 Å². The van der Waals surface area contributed by atoms with Gasteiger partial charge in [0.05, 0.1) is 36.4 Å². The van der Waals surface area contributed by atoms with E-state index in [-0.39, 0.29) is 40.2 Å². The summed E-state index contributed by atoms with van der Waals surface area (Å²) in [7, 11) is 2.00. The SMILES string of the molecule is CN1CCC(C(=O)N2CCN(c3c(F)cncc3NC(=O)c3c(N)nn4cc(F)cnc34)CC2)C1. The Morgan fingerprint density at radius 2 is 1.89 bits per heavy atom. The molecule has 2 saturated heterocycles. The van der Waals surface area contributed by atoms with Gasteiger partial charge in [-0.3, -0.25) is 14.6 Å². The van der Waals surface area contributed by atoms with Gasteiger partial charge in [-0.25, -0.2) is 18.3 Å². The first-order chi connectivity index (χ1) is 16.8. The third kappa shape index (κ3) is 4.34. The lowest BCUT2D eigenvalue weighted by atomic mass is 10.1. The average Bonchev–Trinajstić information content (AvgIpc) is 3.40. The second-order valence-corrected chi connectivity index (χ2v) is 8.83. The van der Waals surface area contributed by atoms with Gasteiger partial charge in [0.2, 0.25) is 5.91 Å². The monoisotopic (exact) mass is 485 g/mol. The van der Waals surface area contributed by atoms with Crippen molar-refractivity contribution in [3.8, 4) is 0 Å². The van der Waals surface area contributed by atoms with Gasteiger partial charge >= 0.3 is 0 Å². The maximum Gasteiger partial charge on any atom is 0.263 e. The van der Waals surface area contributed by atoms with Crippen LogP contribution in [-0.4, -0.2) is 87.5 Å². The lowest BCUT2D eigenvalue weighted by Gasteiger charge is -2.37. The quantitative estimate of drug-likeness (QED) is 0.557. The van der Waals surface area contributed by atoms with E-state index in [1.54, 1.807) is 4.90 Å². The van der Waals surface area contributed by atoms with Gasteiger partial charge in [-0.05, 0) is 20.0 Å². The van der Waals surface area contributed by atoms with Crippen molar-refractivity contribution in [3.05, 3.63) is 42.0 Å². The van der Waals surface area contributed by atoms with Crippen LogP contribution in [-0.2, 0) is 4.79 Å². The standard InChI is InChI=1S/C22H25F2N9O2/c1-30-3-2-13(11-30)22(35)32-6-4-31(5-7-32)18-15(24)9-26-10-16(18)28-21(34)17-19(25)29-33-12-14(23)8-27-20(17)33/h8-10,12-13H,2-7,11H2,1H3,(H2,25,29)(H,28,34). The molecule has 1 unspecified atom stereocenters. The molecule has 5 rings (SSSR count). The van der Waals surface area contributed by atoms with Crippen LogP contribution >= 0.6 is 0 Å². The zero-order chi connectivity index (χ0) is 24.7. The highest BCUT2D eigenvalue weighted by Gasteiger charge is 2.32. The molecule has 11 nitrogen and oxygen atoms in total. The first-order valence-corrected chi connectivity index (χ1v) is 11.3. The van der Waals surface area contributed by atoms with E-state index in [0.29, 0.717) is 26.2 Å². The highest BCUT2D eigenvalue weighted by molar-refractivity contribution is 6.12. The Bertz CT molecular complexity index is 1290. The summed E-state index contributed by atoms with van der Waals surface area (Å²) in [5, 5.41) is 6.57. The number of aromatic nitrogens is 4. The molecule has 2 aliphatic rings. The van der Waals surface area contributed by atoms with E-state index >= 15 is 0 Å². The molecule has 0 spiro atoms. The van der Waals surface area contributed by atoms with Crippen LogP contribution in [0.2, 0.25) is 0 Å². The molecule has 3 aromatic heterocycles. The predicted molar refractivity (Wildman–Crippen MR) is 124 cm³/mol. The van der Waals surface area contributed by atoms with E-state index in [9.17, 15) is 18.4 Å². The maximum absolute atomic E-state index is 14.9. The summed E-state index contributed by atoms with van der Waals surface area (Å²) in [5.74, 6) is -1.93. The summed E-state index contributed by atoms with van der Waals surface area (Å²) in [4.78, 5) is 39.4. The fourth-order valence-electron chi connectivity index (χ4n) is 4.72. The molecule has 0 aromatic carbocycles. The number of carbonyl (C=O) groups excluding carboxylic acids is 2. The number of piperazine rings is 1. The minimum atomic E-state index is -0.676. The topological polar surface area (TPSA) is 125 Å². The number of nitrogens with zero attached hydrogens (tertiary/aromatic N) is 7. The van der Waals surface area contributed by atoms with Crippen molar-refractivity contribution in [2.75, 3.05) is 62.3 Å². The lowest BCUT2D eigenvalue weighted by molar-refractivity contribution is -0.135. The number of amides is 2. The van der Waals surface area contributed by atoms with Crippen molar-refractivity contribution in [1.29, 1.82) is 0 Å². The van der Waals surface area contributed by atoms with Gasteiger partial charge in [0.25, 0.3) is 5.91 Å². The van der Waals surface area contributed by atoms with Crippen molar-refractivity contribution in [2.45, 2.75) is 6.42 Å². The van der Waals surface area contributed by atoms with Crippen LogP contribution in [0.25, 0.3) is 5.65 Å². The summed E-state index contributed by atoms with van der Waals surface area (Å²) in [6.45, 7) is 3.36. The highest BCUT2D eigenvalue weighted by atomic mass is 19.1. The Morgan fingerprint density at radius 3 is 2.60 bits per heavy atom. The summed E-state index contributed by atoms with van der Waals surface area (Å²) in [5.41, 5.74) is 6.21. The van der Waals surface area contributed by atoms with E-state index in [4.69, 9.17) is 5.73 Å². The Hall–Kier alpha value is -3.87. The van der Waals surface area contributed by atoms with Crippen molar-refractivity contribution < 1.29 is 18.4 Å². The number of halogens is 2. The number of likely N-dealkylation sites (tertiary alicyclic amines) is 1. The Labute approximate surface area is 199 Å². The second kappa shape index (κ2) is 9.06. The smallest absolute Gasteiger partial charge is 0.263 e. The van der Waals surface area contributed by atoms with Crippen LogP contribution in [0, 0.1) is 17.6 Å². The molecule has 3 N–H and O–H groups in total. The van der Waals surface area contributed by atoms with E-state index in [2.05, 4.69) is 25.3 Å². The van der Waals surface area contributed by atoms with Crippen LogP contribution in [0.1, 0.15) is 16.8 Å². The number of carbonyl (C=O) groups is 2. The van der Waals surface area contributed by atoms with Gasteiger partial charge in [0.1, 0.15) is 11.3 Å². The number of pyridine rings is 1. The minimum Gasteiger partial charge on any atom is -0.381 e. The molecule has 35 heavy (non-hydrogen) atoms. The Kier molecular flexibility index (Phi) is 5.93. The normalized spacial score (nSPS) is 18.9. The zero-order valence-electron chi connectivity index (χ0n) is 19.1. The molecular weight excluding hydrogens is 460 g/mol. The molecule has 2 amide bonds. The second-order valence-electron chi connectivity index (χ2n) is 8.83. The molecular formula is C22H25F2N9O2. The number of fused-ring (bicyclic) bond motifs is 1. The summed E-state index contributed by atoms with van der Waals surface area (Å²) in [6.07, 6.45) is 5.27. The van der Waals surface area contributed by atoms with Crippen molar-refractivity contribution >= 4 is 34.7 Å². The molecule has 184 valence electrons. The molecule has 3 aromatic rings. The molecule has 0 saturated carbocycles. The highest BCUT2D eigenvalue weighted by Crippen LogP contribution is 2.31. The first-order valence-electron chi connectivity index (χ1n) is 11.3. The number of nitrogens with two attached hydrogens (primary N) is 1. The van der Waals surface area contributed by atoms with Gasteiger partial charge in [-0.15, -0.1) is 5.10 Å². The Balaban J connectivity index is 1.33. The summed E-state index contributed by atoms with van der Waals surface area (Å²) < 4.78 is 29.4. The molecule has 0 aliphatic carbocycles. The summed E-state index contributed by atoms with van der Waals surface area (Å²) >= 11 is 0. The summed E-state index contributed by atoms with van der Waals surface area (Å²) in [6, 6.07) is 0. The number of nitrogen functional groups attached to an aromatic ring is 1. The lowest BCUT2D eigenvalue weighted by Crippen LogP contribution is -2.51. The third-order valence-corrected chi connectivity index (χ3v) is 6.46. The molecule has 0 bridgehead atoms. The number of hydrogen-bond acceptors (Lipinski definition) is 8. The van der Waals surface area contributed by atoms with Crippen molar-refractivity contribution in [2.24, 2.45) is 5.92 Å². The number of hydrogen-bond donors (Lipinski definition) is 2. The number of nitrogens with one attached hydrogen (secondary N) is 1. The van der Waals surface area contributed by atoms with E-state index < -0.39 is 17.5 Å². The van der Waals surface area contributed by atoms with E-state index in [0.717, 1.165) is 42.6 Å².